The molecule has 2 rings (SSSR count). The Morgan fingerprint density at radius 1 is 1.17 bits per heavy atom. The quantitative estimate of drug-likeness (QED) is 0.456. The predicted octanol–water partition coefficient (Wildman–Crippen LogP) is 3.32. The van der Waals surface area contributed by atoms with E-state index in [1.165, 1.54) is 12.3 Å². The van der Waals surface area contributed by atoms with E-state index in [4.69, 9.17) is 17.3 Å². The van der Waals surface area contributed by atoms with Gasteiger partial charge in [0.05, 0.1) is 11.8 Å². The van der Waals surface area contributed by atoms with Gasteiger partial charge in [-0.3, -0.25) is 5.43 Å². The summed E-state index contributed by atoms with van der Waals surface area (Å²) in [6.45, 7) is 4.03. The Kier molecular flexibility index (Phi) is 5.43. The Morgan fingerprint density at radius 2 is 1.91 bits per heavy atom. The third kappa shape index (κ3) is 4.37. The fourth-order valence-electron chi connectivity index (χ4n) is 2.00. The average Bonchev–Trinajstić information content (AvgIpc) is 2.52. The van der Waals surface area contributed by atoms with Crippen molar-refractivity contribution in [3.8, 4) is 0 Å². The number of benzene rings is 2. The first kappa shape index (κ1) is 16.6. The monoisotopic (exact) mass is 327 g/mol. The largest absolute Gasteiger partial charge is 0.478 e. The molecule has 0 spiro atoms. The third-order valence-corrected chi connectivity index (χ3v) is 3.61. The molecule has 0 aromatic heterocycles. The summed E-state index contributed by atoms with van der Waals surface area (Å²) in [5.41, 5.74) is 6.56. The lowest BCUT2D eigenvalue weighted by atomic mass is 10.1. The second kappa shape index (κ2) is 7.51. The summed E-state index contributed by atoms with van der Waals surface area (Å²) < 4.78 is 0. The molecule has 3 N–H and O–H groups in total. The van der Waals surface area contributed by atoms with Crippen molar-refractivity contribution in [2.45, 2.75) is 13.8 Å². The minimum absolute atomic E-state index is 0.187. The van der Waals surface area contributed by atoms with Crippen molar-refractivity contribution < 1.29 is 9.90 Å². The van der Waals surface area contributed by atoms with Gasteiger partial charge < -0.3 is 10.4 Å². The number of hydrazone groups is 1. The maximum atomic E-state index is 11.1. The lowest BCUT2D eigenvalue weighted by molar-refractivity contribution is 0.0697. The molecule has 0 amide bonds. The smallest absolute Gasteiger partial charge is 0.336 e. The normalized spacial score (nSPS) is 10.5. The zero-order valence-electron chi connectivity index (χ0n) is 12.8. The molecule has 5 nitrogen and oxygen atoms in total. The number of carbonyl (C=O) groups is 1. The fourth-order valence-corrected chi connectivity index (χ4v) is 2.16. The number of thiocarbonyl (C=S) groups is 1. The van der Waals surface area contributed by atoms with E-state index < -0.39 is 5.97 Å². The maximum Gasteiger partial charge on any atom is 0.336 e. The van der Waals surface area contributed by atoms with Crippen LogP contribution in [0.1, 0.15) is 27.0 Å². The highest BCUT2D eigenvalue weighted by molar-refractivity contribution is 7.80. The molecule has 0 radical (unpaired) electrons. The van der Waals surface area contributed by atoms with Crippen LogP contribution in [0.15, 0.2) is 47.6 Å². The summed E-state index contributed by atoms with van der Waals surface area (Å²) in [5.74, 6) is -0.997. The molecule has 0 aliphatic heterocycles. The first-order valence-corrected chi connectivity index (χ1v) is 7.38. The molecule has 23 heavy (non-hydrogen) atoms. The summed E-state index contributed by atoms with van der Waals surface area (Å²) in [4.78, 5) is 11.1. The lowest BCUT2D eigenvalue weighted by Crippen LogP contribution is -2.24. The van der Waals surface area contributed by atoms with Crippen LogP contribution < -0.4 is 10.7 Å². The zero-order valence-corrected chi connectivity index (χ0v) is 13.6. The van der Waals surface area contributed by atoms with Crippen molar-refractivity contribution in [1.29, 1.82) is 0 Å². The summed E-state index contributed by atoms with van der Waals surface area (Å²) in [5, 5.41) is 16.5. The van der Waals surface area contributed by atoms with Gasteiger partial charge in [0.25, 0.3) is 0 Å². The van der Waals surface area contributed by atoms with Crippen LogP contribution in [0.3, 0.4) is 0 Å². The molecule has 118 valence electrons. The zero-order chi connectivity index (χ0) is 16.8. The number of hydrogen-bond acceptors (Lipinski definition) is 3. The molecule has 0 aliphatic carbocycles. The molecule has 0 unspecified atom stereocenters. The minimum atomic E-state index is -0.997. The summed E-state index contributed by atoms with van der Waals surface area (Å²) in [6.07, 6.45) is 1.43. The van der Waals surface area contributed by atoms with Gasteiger partial charge in [0, 0.05) is 11.3 Å². The Bertz CT molecular complexity index is 772. The molecule has 0 fully saturated rings. The van der Waals surface area contributed by atoms with Crippen molar-refractivity contribution in [1.82, 2.24) is 5.43 Å². The molecule has 6 heteroatoms. The van der Waals surface area contributed by atoms with Gasteiger partial charge >= 0.3 is 5.97 Å². The second-order valence-corrected chi connectivity index (χ2v) is 5.37. The van der Waals surface area contributed by atoms with Gasteiger partial charge in [-0.1, -0.05) is 30.3 Å². The summed E-state index contributed by atoms with van der Waals surface area (Å²) in [7, 11) is 0. The van der Waals surface area contributed by atoms with Gasteiger partial charge in [0.2, 0.25) is 0 Å². The van der Waals surface area contributed by atoms with Crippen molar-refractivity contribution in [2.75, 3.05) is 5.32 Å². The van der Waals surface area contributed by atoms with E-state index >= 15 is 0 Å². The van der Waals surface area contributed by atoms with E-state index in [0.717, 1.165) is 16.8 Å². The molecule has 0 bridgehead atoms. The second-order valence-electron chi connectivity index (χ2n) is 4.96. The Labute approximate surface area is 140 Å². The van der Waals surface area contributed by atoms with Gasteiger partial charge in [-0.05, 0) is 49.3 Å². The van der Waals surface area contributed by atoms with Crippen LogP contribution in [0.25, 0.3) is 0 Å². The van der Waals surface area contributed by atoms with Crippen molar-refractivity contribution >= 4 is 35.2 Å². The molecule has 2 aromatic rings. The van der Waals surface area contributed by atoms with E-state index in [0.29, 0.717) is 10.7 Å². The fraction of sp³-hybridized carbons (Fsp3) is 0.118. The highest BCUT2D eigenvalue weighted by Crippen LogP contribution is 2.17. The minimum Gasteiger partial charge on any atom is -0.478 e. The molecule has 0 saturated heterocycles. The number of carboxylic acid groups (broad SMARTS) is 1. The van der Waals surface area contributed by atoms with Crippen molar-refractivity contribution in [3.63, 3.8) is 0 Å². The van der Waals surface area contributed by atoms with Crippen LogP contribution in [0.4, 0.5) is 5.69 Å². The van der Waals surface area contributed by atoms with Crippen molar-refractivity contribution in [3.05, 3.63) is 64.7 Å². The number of carboxylic acids is 1. The number of aryl methyl sites for hydroxylation is 1. The molecule has 0 saturated carbocycles. The summed E-state index contributed by atoms with van der Waals surface area (Å²) in [6, 6.07) is 12.5. The average molecular weight is 327 g/mol. The number of nitrogens with one attached hydrogen (secondary N) is 2. The molecule has 0 atom stereocenters. The van der Waals surface area contributed by atoms with E-state index in [1.807, 2.05) is 32.0 Å². The number of nitrogens with zero attached hydrogens (tertiary/aromatic N) is 1. The number of aromatic carboxylic acids is 1. The first-order chi connectivity index (χ1) is 11.0. The van der Waals surface area contributed by atoms with E-state index in [9.17, 15) is 4.79 Å². The Morgan fingerprint density at radius 3 is 2.65 bits per heavy atom. The van der Waals surface area contributed by atoms with Gasteiger partial charge in [-0.15, -0.1) is 0 Å². The predicted molar refractivity (Wildman–Crippen MR) is 96.3 cm³/mol. The van der Waals surface area contributed by atoms with Crippen molar-refractivity contribution in [2.24, 2.45) is 5.10 Å². The maximum absolute atomic E-state index is 11.1. The Hall–Kier alpha value is -2.73. The van der Waals surface area contributed by atoms with Crippen LogP contribution in [0, 0.1) is 13.8 Å². The third-order valence-electron chi connectivity index (χ3n) is 3.41. The Balaban J connectivity index is 2.02. The van der Waals surface area contributed by atoms with Crippen LogP contribution in [-0.2, 0) is 0 Å². The van der Waals surface area contributed by atoms with E-state index in [2.05, 4.69) is 15.8 Å². The van der Waals surface area contributed by atoms with Crippen LogP contribution in [0.5, 0.6) is 0 Å². The number of anilines is 1. The van der Waals surface area contributed by atoms with Gasteiger partial charge in [-0.25, -0.2) is 4.79 Å². The first-order valence-electron chi connectivity index (χ1n) is 6.97. The topological polar surface area (TPSA) is 73.7 Å². The van der Waals surface area contributed by atoms with Crippen LogP contribution >= 0.6 is 12.2 Å². The molecular formula is C17H17N3O2S. The molecular weight excluding hydrogens is 310 g/mol. The highest BCUT2D eigenvalue weighted by Gasteiger charge is 2.06. The van der Waals surface area contributed by atoms with Crippen LogP contribution in [0.2, 0.25) is 0 Å². The highest BCUT2D eigenvalue weighted by atomic mass is 32.1. The SMILES string of the molecule is Cc1cccc(NC(=S)NN=Cc2ccccc2C(=O)O)c1C. The van der Waals surface area contributed by atoms with E-state index in [-0.39, 0.29) is 5.56 Å². The summed E-state index contributed by atoms with van der Waals surface area (Å²) >= 11 is 5.19. The molecule has 2 aromatic carbocycles. The lowest BCUT2D eigenvalue weighted by Gasteiger charge is -2.11. The molecule has 0 heterocycles. The standard InChI is InChI=1S/C17H17N3O2S/c1-11-6-5-9-15(12(11)2)19-17(23)20-18-10-13-7-3-4-8-14(13)16(21)22/h3-10H,1-2H3,(H,21,22)(H2,19,20,23). The molecule has 0 aliphatic rings. The van der Waals surface area contributed by atoms with Gasteiger partial charge in [0.15, 0.2) is 5.11 Å². The van der Waals surface area contributed by atoms with Gasteiger partial charge in [0.1, 0.15) is 0 Å². The van der Waals surface area contributed by atoms with E-state index in [1.54, 1.807) is 18.2 Å². The van der Waals surface area contributed by atoms with Crippen LogP contribution in [-0.4, -0.2) is 22.4 Å². The number of hydrogen-bond donors (Lipinski definition) is 3. The van der Waals surface area contributed by atoms with Gasteiger partial charge in [-0.2, -0.15) is 5.10 Å². The number of rotatable bonds is 4.